The standard InChI is InChI=1S/C43H58N9O18P3S/c1-4-50-14-9-11-26-17-29-33(19-31(26)50)67-34-20-32-28(18-30(34)49-29)27(23-74(62,63)64)21-43(2,3)52(32)15-10-12-36(53)45-13-7-5-6-8-16-65-71(56,57)69-73(60,61)70-72(58,59)66-22-35-38(54)39(55)42(68-35)51-25-48-37-40(44)46-24-47-41(37)51/h17-21,24-25,35,38-39,42,54-55H,4-16,22-23H2,1-3H3,(H6-,44,45,46,47,53,56,57,58,59,60,61,62,63,64)/p+1/t35-,38-,39-,42-/m1/s1. The fourth-order valence-electron chi connectivity index (χ4n) is 9.36. The molecule has 0 saturated carbocycles. The number of nitrogens with two attached hydrogens (primary N) is 1. The molecule has 9 N–H and O–H groups in total. The fourth-order valence-corrected chi connectivity index (χ4v) is 13.5. The number of fused-ring (bicyclic) bond motifs is 5. The SMILES string of the molecule is CC[N+]1=c2cc3c(cc2CCC1)=Nc1cc2c(cc1O3)N(CCCC(=O)NCCCCCCOP(=O)(O)OP(=O)(O)OP(=O)(O)OC[C@H]1O[C@@H](n3cnc4c(N)ncnc43)[C@H](O)[C@@H]1O)C(C)(C)C=C2CS(=O)(=O)O. The average Bonchev–Trinajstić information content (AvgIpc) is 3.86. The van der Waals surface area contributed by atoms with Gasteiger partial charge in [0.05, 0.1) is 31.1 Å². The molecule has 0 spiro atoms. The van der Waals surface area contributed by atoms with Crippen molar-refractivity contribution in [1.82, 2.24) is 29.4 Å². The van der Waals surface area contributed by atoms with Crippen LogP contribution in [0.3, 0.4) is 0 Å². The molecule has 0 radical (unpaired) electrons. The number of anilines is 2. The first-order chi connectivity index (χ1) is 34.8. The molecular weight excluding hydrogens is 1060 g/mol. The molecule has 1 amide bonds. The molecule has 6 heterocycles. The third-order valence-corrected chi connectivity index (χ3v) is 17.7. The lowest BCUT2D eigenvalue weighted by Crippen LogP contribution is -2.46. The molecule has 2 aromatic heterocycles. The largest absolute Gasteiger partial charge is 0.490 e. The van der Waals surface area contributed by atoms with E-state index in [1.54, 1.807) is 12.1 Å². The number of nitrogens with one attached hydrogen (secondary N) is 1. The molecule has 4 aromatic rings. The molecule has 1 saturated heterocycles. The summed E-state index contributed by atoms with van der Waals surface area (Å²) in [6.07, 6.45) is 2.20. The molecule has 31 heteroatoms. The Morgan fingerprint density at radius 2 is 1.70 bits per heavy atom. The number of amides is 1. The summed E-state index contributed by atoms with van der Waals surface area (Å²) < 4.78 is 105. The first-order valence-electron chi connectivity index (χ1n) is 23.7. The second-order valence-corrected chi connectivity index (χ2v) is 24.7. The number of carbonyl (C=O) groups is 1. The Morgan fingerprint density at radius 3 is 2.45 bits per heavy atom. The van der Waals surface area contributed by atoms with Gasteiger partial charge in [-0.25, -0.2) is 38.2 Å². The summed E-state index contributed by atoms with van der Waals surface area (Å²) in [5.41, 5.74) is 8.74. The summed E-state index contributed by atoms with van der Waals surface area (Å²) in [4.78, 5) is 61.9. The number of aryl methyl sites for hydroxylation is 1. The van der Waals surface area contributed by atoms with Crippen LogP contribution in [0.1, 0.15) is 83.1 Å². The van der Waals surface area contributed by atoms with Crippen molar-refractivity contribution in [2.45, 2.75) is 102 Å². The lowest BCUT2D eigenvalue weighted by Gasteiger charge is -2.44. The molecule has 4 aliphatic rings. The van der Waals surface area contributed by atoms with E-state index in [0.717, 1.165) is 37.6 Å². The summed E-state index contributed by atoms with van der Waals surface area (Å²) in [6.45, 7) is 7.07. The van der Waals surface area contributed by atoms with Crippen LogP contribution in [0.2, 0.25) is 0 Å². The molecule has 4 aliphatic heterocycles. The summed E-state index contributed by atoms with van der Waals surface area (Å²) >= 11 is 0. The van der Waals surface area contributed by atoms with E-state index in [0.29, 0.717) is 78.1 Å². The number of aliphatic hydroxyl groups is 2. The van der Waals surface area contributed by atoms with Crippen LogP contribution in [0.4, 0.5) is 17.2 Å². The number of phosphoric ester groups is 2. The van der Waals surface area contributed by atoms with Crippen molar-refractivity contribution < 1.29 is 83.5 Å². The van der Waals surface area contributed by atoms with Crippen LogP contribution >= 0.6 is 23.5 Å². The van der Waals surface area contributed by atoms with Gasteiger partial charge in [0, 0.05) is 48.8 Å². The number of carbonyl (C=O) groups excluding carboxylic acids is 1. The van der Waals surface area contributed by atoms with Crippen LogP contribution in [0.15, 0.2) is 48.0 Å². The number of aromatic nitrogens is 4. The van der Waals surface area contributed by atoms with Gasteiger partial charge in [0.25, 0.3) is 10.1 Å². The van der Waals surface area contributed by atoms with E-state index in [-0.39, 0.29) is 35.7 Å². The van der Waals surface area contributed by atoms with E-state index in [1.165, 1.54) is 16.5 Å². The topological polar surface area (TPSA) is 379 Å². The van der Waals surface area contributed by atoms with Crippen molar-refractivity contribution >= 4 is 73.4 Å². The van der Waals surface area contributed by atoms with Crippen molar-refractivity contribution in [2.75, 3.05) is 55.8 Å². The van der Waals surface area contributed by atoms with Crippen LogP contribution in [-0.4, -0.2) is 132 Å². The van der Waals surface area contributed by atoms with E-state index >= 15 is 0 Å². The predicted molar refractivity (Wildman–Crippen MR) is 264 cm³/mol. The van der Waals surface area contributed by atoms with Gasteiger partial charge in [-0.05, 0) is 64.2 Å². The Hall–Kier alpha value is -4.60. The number of benzene rings is 2. The molecule has 3 unspecified atom stereocenters. The molecule has 2 aromatic carbocycles. The van der Waals surface area contributed by atoms with Crippen molar-refractivity contribution in [3.8, 4) is 11.5 Å². The van der Waals surface area contributed by atoms with E-state index in [1.807, 2.05) is 32.0 Å². The smallest absolute Gasteiger partial charge is 0.452 e. The zero-order valence-electron chi connectivity index (χ0n) is 40.5. The third-order valence-electron chi connectivity index (χ3n) is 12.7. The number of imidazole rings is 1. The Bertz CT molecular complexity index is 3230. The summed E-state index contributed by atoms with van der Waals surface area (Å²) in [5.74, 6) is 0.337. The molecule has 0 bridgehead atoms. The number of ether oxygens (including phenoxy) is 2. The normalized spacial score (nSPS) is 22.5. The van der Waals surface area contributed by atoms with Gasteiger partial charge in [-0.2, -0.15) is 17.0 Å². The maximum Gasteiger partial charge on any atom is 0.490 e. The van der Waals surface area contributed by atoms with Crippen molar-refractivity contribution in [3.63, 3.8) is 0 Å². The first kappa shape index (κ1) is 55.6. The minimum Gasteiger partial charge on any atom is -0.452 e. The van der Waals surface area contributed by atoms with Crippen LogP contribution in [0, 0.1) is 0 Å². The van der Waals surface area contributed by atoms with Crippen LogP contribution in [0.25, 0.3) is 16.7 Å². The zero-order chi connectivity index (χ0) is 53.4. The van der Waals surface area contributed by atoms with E-state index in [4.69, 9.17) is 24.7 Å². The number of hydrogen-bond acceptors (Lipinski definition) is 20. The zero-order valence-corrected chi connectivity index (χ0v) is 44.0. The van der Waals surface area contributed by atoms with Gasteiger partial charge in [-0.1, -0.05) is 18.9 Å². The van der Waals surface area contributed by atoms with Gasteiger partial charge in [-0.15, -0.1) is 0 Å². The Kier molecular flexibility index (Phi) is 16.7. The minimum absolute atomic E-state index is 0.0280. The molecule has 404 valence electrons. The maximum atomic E-state index is 12.9. The summed E-state index contributed by atoms with van der Waals surface area (Å²) in [7, 11) is -21.1. The second-order valence-electron chi connectivity index (χ2n) is 18.6. The number of nitrogens with zero attached hydrogens (tertiary/aromatic N) is 7. The molecule has 0 aliphatic carbocycles. The fraction of sp³-hybridized carbons (Fsp3) is 0.535. The average molecular weight is 1110 g/mol. The summed E-state index contributed by atoms with van der Waals surface area (Å²) in [6, 6.07) is 7.68. The molecule has 1 fully saturated rings. The van der Waals surface area contributed by atoms with Gasteiger partial charge >= 0.3 is 23.5 Å². The van der Waals surface area contributed by atoms with Crippen LogP contribution in [0.5, 0.6) is 11.5 Å². The molecule has 74 heavy (non-hydrogen) atoms. The van der Waals surface area contributed by atoms with Gasteiger partial charge < -0.3 is 50.3 Å². The van der Waals surface area contributed by atoms with Crippen LogP contribution in [-0.2, 0) is 57.4 Å². The number of nitrogen functional groups attached to an aromatic ring is 1. The maximum absolute atomic E-state index is 12.9. The predicted octanol–water partition coefficient (Wildman–Crippen LogP) is 2.94. The third kappa shape index (κ3) is 13.1. The van der Waals surface area contributed by atoms with Crippen LogP contribution < -0.4 is 36.0 Å². The van der Waals surface area contributed by atoms with Gasteiger partial charge in [0.2, 0.25) is 11.3 Å². The van der Waals surface area contributed by atoms with E-state index < -0.39 is 82.6 Å². The highest BCUT2D eigenvalue weighted by Crippen LogP contribution is 2.68. The Balaban J connectivity index is 0.755. The minimum atomic E-state index is -5.81. The molecule has 8 rings (SSSR count). The lowest BCUT2D eigenvalue weighted by atomic mass is 9.88. The quantitative estimate of drug-likeness (QED) is 0.0202. The second kappa shape index (κ2) is 22.2. The molecule has 27 nitrogen and oxygen atoms in total. The molecule has 7 atom stereocenters. The highest BCUT2D eigenvalue weighted by atomic mass is 32.2. The first-order valence-corrected chi connectivity index (χ1v) is 29.8. The number of unbranched alkanes of at least 4 members (excludes halogenated alkanes) is 3. The Morgan fingerprint density at radius 1 is 0.959 bits per heavy atom. The van der Waals surface area contributed by atoms with Crippen molar-refractivity contribution in [2.24, 2.45) is 4.99 Å². The van der Waals surface area contributed by atoms with Gasteiger partial charge in [0.1, 0.15) is 60.0 Å². The van der Waals surface area contributed by atoms with Gasteiger partial charge in [0.15, 0.2) is 29.2 Å². The number of phosphoric acid groups is 3. The highest BCUT2D eigenvalue weighted by molar-refractivity contribution is 7.86. The lowest BCUT2D eigenvalue weighted by molar-refractivity contribution is -0.121. The monoisotopic (exact) mass is 1110 g/mol. The number of hydrogen-bond donors (Lipinski definition) is 8. The van der Waals surface area contributed by atoms with Gasteiger partial charge in [-0.3, -0.25) is 23.0 Å². The summed E-state index contributed by atoms with van der Waals surface area (Å²) in [5, 5.41) is 25.8. The van der Waals surface area contributed by atoms with Crippen molar-refractivity contribution in [1.29, 1.82) is 0 Å². The van der Waals surface area contributed by atoms with E-state index in [2.05, 4.69) is 49.8 Å². The highest BCUT2D eigenvalue weighted by Gasteiger charge is 2.47. The Labute approximate surface area is 424 Å². The van der Waals surface area contributed by atoms with E-state index in [9.17, 15) is 56.4 Å². The number of aliphatic hydroxyl groups excluding tert-OH is 2. The van der Waals surface area contributed by atoms with Crippen molar-refractivity contribution in [3.05, 3.63) is 64.8 Å². The number of rotatable bonds is 23. The molecular formula is C43H59N9O18P3S+.